The van der Waals surface area contributed by atoms with Crippen molar-refractivity contribution in [3.05, 3.63) is 35.8 Å². The van der Waals surface area contributed by atoms with Crippen LogP contribution in [0.1, 0.15) is 11.5 Å². The van der Waals surface area contributed by atoms with Crippen molar-refractivity contribution >= 4 is 11.0 Å². The van der Waals surface area contributed by atoms with Crippen molar-refractivity contribution in [1.82, 2.24) is 19.3 Å². The van der Waals surface area contributed by atoms with E-state index >= 15 is 0 Å². The maximum Gasteiger partial charge on any atom is 0.163 e. The third kappa shape index (κ3) is 1.69. The minimum atomic E-state index is 0.426. The second-order valence-corrected chi connectivity index (χ2v) is 4.57. The maximum absolute atomic E-state index is 8.89. The van der Waals surface area contributed by atoms with Gasteiger partial charge >= 0.3 is 0 Å². The summed E-state index contributed by atoms with van der Waals surface area (Å²) in [4.78, 5) is 4.52. The highest BCUT2D eigenvalue weighted by Gasteiger charge is 2.10. The molecule has 0 spiro atoms. The summed E-state index contributed by atoms with van der Waals surface area (Å²) in [6.07, 6.45) is 0. The molecule has 0 saturated carbocycles. The monoisotopic (exact) mass is 251 g/mol. The van der Waals surface area contributed by atoms with E-state index in [1.54, 1.807) is 10.7 Å². The fraction of sp³-hybridized carbons (Fsp3) is 0.214. The van der Waals surface area contributed by atoms with E-state index in [4.69, 9.17) is 5.26 Å². The Morgan fingerprint density at radius 2 is 2.00 bits per heavy atom. The van der Waals surface area contributed by atoms with Crippen molar-refractivity contribution < 1.29 is 0 Å². The zero-order valence-electron chi connectivity index (χ0n) is 11.0. The average Bonchev–Trinajstić information content (AvgIpc) is 2.91. The van der Waals surface area contributed by atoms with Gasteiger partial charge in [0.1, 0.15) is 11.9 Å². The molecular formula is C14H13N5. The molecule has 2 aromatic heterocycles. The van der Waals surface area contributed by atoms with Crippen LogP contribution in [0.5, 0.6) is 0 Å². The molecule has 0 fully saturated rings. The minimum absolute atomic E-state index is 0.426. The summed E-state index contributed by atoms with van der Waals surface area (Å²) >= 11 is 0. The summed E-state index contributed by atoms with van der Waals surface area (Å²) in [5, 5.41) is 13.0. The molecule has 0 aliphatic carbocycles. The number of aromatic nitrogens is 4. The summed E-state index contributed by atoms with van der Waals surface area (Å²) < 4.78 is 3.78. The highest BCUT2D eigenvalue weighted by atomic mass is 15.3. The molecule has 0 saturated heterocycles. The van der Waals surface area contributed by atoms with Gasteiger partial charge in [0.25, 0.3) is 0 Å². The van der Waals surface area contributed by atoms with Gasteiger partial charge in [-0.25, -0.2) is 4.98 Å². The lowest BCUT2D eigenvalue weighted by molar-refractivity contribution is 0.771. The van der Waals surface area contributed by atoms with E-state index in [2.05, 4.69) is 20.7 Å². The van der Waals surface area contributed by atoms with Gasteiger partial charge in [-0.2, -0.15) is 10.4 Å². The van der Waals surface area contributed by atoms with Gasteiger partial charge in [-0.3, -0.25) is 4.68 Å². The molecule has 0 radical (unpaired) electrons. The summed E-state index contributed by atoms with van der Waals surface area (Å²) in [5.41, 5.74) is 4.42. The third-order valence-corrected chi connectivity index (χ3v) is 3.39. The smallest absolute Gasteiger partial charge is 0.163 e. The number of rotatable bonds is 1. The lowest BCUT2D eigenvalue weighted by atomic mass is 10.1. The van der Waals surface area contributed by atoms with Crippen molar-refractivity contribution in [2.75, 3.05) is 0 Å². The van der Waals surface area contributed by atoms with Gasteiger partial charge in [0.2, 0.25) is 0 Å². The predicted octanol–water partition coefficient (Wildman–Crippen LogP) is 2.15. The molecular weight excluding hydrogens is 238 g/mol. The van der Waals surface area contributed by atoms with E-state index in [9.17, 15) is 0 Å². The first kappa shape index (κ1) is 11.5. The standard InChI is InChI=1S/C14H13N5/c1-9-16-12-6-10(4-5-13(12)18(9)2)14-7-11(8-15)17-19(14)3/h4-7H,1-3H3. The lowest BCUT2D eigenvalue weighted by Crippen LogP contribution is -1.94. The molecule has 2 heterocycles. The van der Waals surface area contributed by atoms with E-state index in [0.29, 0.717) is 5.69 Å². The Bertz CT molecular complexity index is 816. The molecule has 1 aromatic carbocycles. The van der Waals surface area contributed by atoms with Crippen molar-refractivity contribution in [1.29, 1.82) is 5.26 Å². The molecule has 3 aromatic rings. The largest absolute Gasteiger partial charge is 0.331 e. The number of aryl methyl sites for hydroxylation is 3. The zero-order chi connectivity index (χ0) is 13.6. The molecule has 5 nitrogen and oxygen atoms in total. The van der Waals surface area contributed by atoms with Crippen LogP contribution < -0.4 is 0 Å². The van der Waals surface area contributed by atoms with E-state index in [1.807, 2.05) is 39.2 Å². The number of hydrogen-bond donors (Lipinski definition) is 0. The van der Waals surface area contributed by atoms with Crippen molar-refractivity contribution in [2.45, 2.75) is 6.92 Å². The van der Waals surface area contributed by atoms with Crippen LogP contribution in [0.3, 0.4) is 0 Å². The van der Waals surface area contributed by atoms with E-state index < -0.39 is 0 Å². The molecule has 0 bridgehead atoms. The Kier molecular flexibility index (Phi) is 2.39. The molecule has 0 aliphatic rings. The molecule has 19 heavy (non-hydrogen) atoms. The lowest BCUT2D eigenvalue weighted by Gasteiger charge is -2.02. The zero-order valence-corrected chi connectivity index (χ0v) is 11.0. The van der Waals surface area contributed by atoms with Crippen LogP contribution in [0, 0.1) is 18.3 Å². The van der Waals surface area contributed by atoms with Gasteiger partial charge in [0.05, 0.1) is 16.7 Å². The van der Waals surface area contributed by atoms with Gasteiger partial charge in [-0.05, 0) is 19.1 Å². The first-order valence-electron chi connectivity index (χ1n) is 5.98. The van der Waals surface area contributed by atoms with Crippen LogP contribution in [0.25, 0.3) is 22.3 Å². The normalized spacial score (nSPS) is 10.8. The number of benzene rings is 1. The fourth-order valence-electron chi connectivity index (χ4n) is 2.27. The van der Waals surface area contributed by atoms with Crippen LogP contribution in [0.15, 0.2) is 24.3 Å². The fourth-order valence-corrected chi connectivity index (χ4v) is 2.27. The molecule has 0 atom stereocenters. The predicted molar refractivity (Wildman–Crippen MR) is 72.4 cm³/mol. The van der Waals surface area contributed by atoms with Crippen LogP contribution in [0.4, 0.5) is 0 Å². The Morgan fingerprint density at radius 1 is 1.21 bits per heavy atom. The molecule has 0 aliphatic heterocycles. The van der Waals surface area contributed by atoms with E-state index in [-0.39, 0.29) is 0 Å². The first-order valence-corrected chi connectivity index (χ1v) is 5.98. The number of nitrogens with zero attached hydrogens (tertiary/aromatic N) is 5. The molecule has 0 amide bonds. The van der Waals surface area contributed by atoms with Crippen molar-refractivity contribution in [3.63, 3.8) is 0 Å². The first-order chi connectivity index (χ1) is 9.10. The molecule has 0 unspecified atom stereocenters. The topological polar surface area (TPSA) is 59.4 Å². The Hall–Kier alpha value is -2.61. The third-order valence-electron chi connectivity index (χ3n) is 3.39. The maximum atomic E-state index is 8.89. The van der Waals surface area contributed by atoms with Gasteiger partial charge < -0.3 is 4.57 Å². The van der Waals surface area contributed by atoms with Gasteiger partial charge in [0.15, 0.2) is 5.69 Å². The quantitative estimate of drug-likeness (QED) is 0.665. The minimum Gasteiger partial charge on any atom is -0.331 e. The van der Waals surface area contributed by atoms with Crippen LogP contribution in [-0.2, 0) is 14.1 Å². The van der Waals surface area contributed by atoms with Gasteiger partial charge in [-0.15, -0.1) is 0 Å². The number of fused-ring (bicyclic) bond motifs is 1. The second kappa shape index (κ2) is 3.95. The Labute approximate surface area is 110 Å². The van der Waals surface area contributed by atoms with E-state index in [1.165, 1.54) is 0 Å². The molecule has 0 N–H and O–H groups in total. The Morgan fingerprint density at radius 3 is 2.68 bits per heavy atom. The summed E-state index contributed by atoms with van der Waals surface area (Å²) in [6, 6.07) is 9.95. The van der Waals surface area contributed by atoms with Crippen LogP contribution in [0.2, 0.25) is 0 Å². The number of nitriles is 1. The van der Waals surface area contributed by atoms with Crippen LogP contribution in [-0.4, -0.2) is 19.3 Å². The summed E-state index contributed by atoms with van der Waals surface area (Å²) in [6.45, 7) is 1.98. The van der Waals surface area contributed by atoms with Crippen molar-refractivity contribution in [2.24, 2.45) is 14.1 Å². The average molecular weight is 251 g/mol. The van der Waals surface area contributed by atoms with Crippen molar-refractivity contribution in [3.8, 4) is 17.3 Å². The highest BCUT2D eigenvalue weighted by molar-refractivity contribution is 5.82. The summed E-state index contributed by atoms with van der Waals surface area (Å²) in [7, 11) is 3.84. The van der Waals surface area contributed by atoms with Gasteiger partial charge in [0, 0.05) is 25.7 Å². The molecule has 5 heteroatoms. The highest BCUT2D eigenvalue weighted by Crippen LogP contribution is 2.24. The van der Waals surface area contributed by atoms with Gasteiger partial charge in [-0.1, -0.05) is 6.07 Å². The summed E-state index contributed by atoms with van der Waals surface area (Å²) in [5.74, 6) is 0.981. The Balaban J connectivity index is 2.20. The second-order valence-electron chi connectivity index (χ2n) is 4.57. The molecule has 3 rings (SSSR count). The van der Waals surface area contributed by atoms with Crippen LogP contribution >= 0.6 is 0 Å². The van der Waals surface area contributed by atoms with E-state index in [0.717, 1.165) is 28.1 Å². The molecule has 94 valence electrons. The number of imidazole rings is 1. The number of hydrogen-bond acceptors (Lipinski definition) is 3. The SMILES string of the molecule is Cc1nc2cc(-c3cc(C#N)nn3C)ccc2n1C.